The lowest BCUT2D eigenvalue weighted by molar-refractivity contribution is -0.114. The third kappa shape index (κ3) is 3.80. The maximum Gasteiger partial charge on any atom is 0.263 e. The molecule has 0 bridgehead atoms. The fourth-order valence-electron chi connectivity index (χ4n) is 3.33. The molecule has 1 aliphatic rings. The molecule has 3 aromatic carbocycles. The van der Waals surface area contributed by atoms with Gasteiger partial charge in [-0.1, -0.05) is 36.4 Å². The second kappa shape index (κ2) is 7.60. The lowest BCUT2D eigenvalue weighted by Gasteiger charge is -2.05. The molecule has 2 N–H and O–H groups in total. The van der Waals surface area contributed by atoms with E-state index in [1.54, 1.807) is 35.6 Å². The third-order valence-corrected chi connectivity index (χ3v) is 7.21. The summed E-state index contributed by atoms with van der Waals surface area (Å²) in [5.41, 5.74) is 2.93. The van der Waals surface area contributed by atoms with Gasteiger partial charge >= 0.3 is 0 Å². The van der Waals surface area contributed by atoms with Crippen molar-refractivity contribution in [1.82, 2.24) is 9.71 Å². The fourth-order valence-corrected chi connectivity index (χ4v) is 5.54. The van der Waals surface area contributed by atoms with Crippen molar-refractivity contribution in [3.8, 4) is 10.6 Å². The number of hydrogen-bond acceptors (Lipinski definition) is 6. The minimum atomic E-state index is -3.63. The van der Waals surface area contributed by atoms with Crippen LogP contribution in [0.4, 0.5) is 5.69 Å². The zero-order valence-corrected chi connectivity index (χ0v) is 17.7. The van der Waals surface area contributed by atoms with Crippen LogP contribution in [-0.2, 0) is 14.8 Å². The Morgan fingerprint density at radius 3 is 2.71 bits per heavy atom. The van der Waals surface area contributed by atoms with E-state index in [1.165, 1.54) is 6.07 Å². The van der Waals surface area contributed by atoms with Crippen LogP contribution in [0, 0.1) is 0 Å². The Kier molecular flexibility index (Phi) is 4.76. The highest BCUT2D eigenvalue weighted by atomic mass is 32.2. The minimum absolute atomic E-state index is 0.165. The van der Waals surface area contributed by atoms with Crippen molar-refractivity contribution < 1.29 is 13.2 Å². The van der Waals surface area contributed by atoms with Gasteiger partial charge in [0.25, 0.3) is 10.0 Å². The molecule has 0 aliphatic carbocycles. The van der Waals surface area contributed by atoms with Gasteiger partial charge in [-0.15, -0.1) is 11.3 Å². The molecule has 0 atom stereocenters. The lowest BCUT2D eigenvalue weighted by atomic mass is 10.2. The first-order valence-electron chi connectivity index (χ1n) is 9.42. The van der Waals surface area contributed by atoms with Gasteiger partial charge in [-0.3, -0.25) is 14.5 Å². The average Bonchev–Trinajstić information content (AvgIpc) is 3.31. The van der Waals surface area contributed by atoms with E-state index in [1.807, 2.05) is 42.5 Å². The van der Waals surface area contributed by atoms with Crippen molar-refractivity contribution in [3.63, 3.8) is 0 Å². The predicted molar refractivity (Wildman–Crippen MR) is 122 cm³/mol. The molecule has 9 heteroatoms. The van der Waals surface area contributed by atoms with Crippen LogP contribution >= 0.6 is 11.3 Å². The molecule has 0 radical (unpaired) electrons. The predicted octanol–water partition coefficient (Wildman–Crippen LogP) is 3.64. The zero-order valence-electron chi connectivity index (χ0n) is 16.1. The average molecular weight is 449 g/mol. The molecule has 154 valence electrons. The summed E-state index contributed by atoms with van der Waals surface area (Å²) in [5, 5.41) is 3.68. The Hall–Kier alpha value is -3.56. The highest BCUT2D eigenvalue weighted by molar-refractivity contribution is 7.90. The van der Waals surface area contributed by atoms with Crippen molar-refractivity contribution in [1.29, 1.82) is 0 Å². The minimum Gasteiger partial charge on any atom is -0.324 e. The number of aromatic nitrogens is 1. The first-order valence-corrected chi connectivity index (χ1v) is 11.7. The third-order valence-electron chi connectivity index (χ3n) is 4.73. The standard InChI is InChI=1S/C22H16N4O3S2/c27-20(13-23-21-16-8-1-4-11-19(16)31(28,29)26-21)24-15-7-5-6-14(12-15)22-25-17-9-2-3-10-18(17)30-22/h1-12H,13H2,(H,23,26)(H,24,27). The number of thiazole rings is 1. The van der Waals surface area contributed by atoms with Gasteiger partial charge in [0.15, 0.2) is 0 Å². The van der Waals surface area contributed by atoms with Gasteiger partial charge in [0.2, 0.25) is 5.91 Å². The molecule has 1 aromatic heterocycles. The molecule has 2 heterocycles. The van der Waals surface area contributed by atoms with Crippen molar-refractivity contribution in [2.75, 3.05) is 11.9 Å². The zero-order chi connectivity index (χ0) is 21.4. The number of anilines is 1. The highest BCUT2D eigenvalue weighted by Crippen LogP contribution is 2.31. The van der Waals surface area contributed by atoms with Crippen LogP contribution < -0.4 is 10.0 Å². The number of sulfonamides is 1. The van der Waals surface area contributed by atoms with Gasteiger partial charge in [-0.05, 0) is 36.4 Å². The Balaban J connectivity index is 1.33. The number of fused-ring (bicyclic) bond motifs is 2. The molecule has 31 heavy (non-hydrogen) atoms. The summed E-state index contributed by atoms with van der Waals surface area (Å²) in [5.74, 6) is -0.175. The number of nitrogens with zero attached hydrogens (tertiary/aromatic N) is 2. The van der Waals surface area contributed by atoms with Crippen LogP contribution in [0.15, 0.2) is 82.7 Å². The highest BCUT2D eigenvalue weighted by Gasteiger charge is 2.30. The summed E-state index contributed by atoms with van der Waals surface area (Å²) in [6, 6.07) is 21.9. The van der Waals surface area contributed by atoms with E-state index in [0.29, 0.717) is 11.3 Å². The number of aliphatic imine (C=N–C) groups is 1. The molecule has 0 saturated carbocycles. The first kappa shape index (κ1) is 19.4. The van der Waals surface area contributed by atoms with Gasteiger partial charge in [0, 0.05) is 16.8 Å². The molecule has 5 rings (SSSR count). The van der Waals surface area contributed by atoms with Crippen molar-refractivity contribution in [2.45, 2.75) is 4.90 Å². The summed E-state index contributed by atoms with van der Waals surface area (Å²) in [6.45, 7) is -0.211. The van der Waals surface area contributed by atoms with E-state index in [4.69, 9.17) is 0 Å². The second-order valence-corrected chi connectivity index (χ2v) is 9.56. The SMILES string of the molecule is O=C(CN=C1NS(=O)(=O)c2ccccc21)Nc1cccc(-c2nc3ccccc3s2)c1. The number of amidine groups is 1. The lowest BCUT2D eigenvalue weighted by Crippen LogP contribution is -2.24. The quantitative estimate of drug-likeness (QED) is 0.498. The van der Waals surface area contributed by atoms with Gasteiger partial charge in [0.1, 0.15) is 17.4 Å². The van der Waals surface area contributed by atoms with Crippen molar-refractivity contribution in [3.05, 3.63) is 78.4 Å². The van der Waals surface area contributed by atoms with E-state index in [0.717, 1.165) is 20.8 Å². The number of para-hydroxylation sites is 1. The Morgan fingerprint density at radius 2 is 1.84 bits per heavy atom. The molecule has 0 unspecified atom stereocenters. The van der Waals surface area contributed by atoms with Crippen LogP contribution in [0.25, 0.3) is 20.8 Å². The molecular formula is C22H16N4O3S2. The number of carbonyl (C=O) groups excluding carboxylic acids is 1. The van der Waals surface area contributed by atoms with E-state index in [2.05, 4.69) is 20.0 Å². The largest absolute Gasteiger partial charge is 0.324 e. The molecular weight excluding hydrogens is 432 g/mol. The number of carbonyl (C=O) groups is 1. The maximum absolute atomic E-state index is 12.4. The smallest absolute Gasteiger partial charge is 0.263 e. The Morgan fingerprint density at radius 1 is 1.03 bits per heavy atom. The van der Waals surface area contributed by atoms with Crippen molar-refractivity contribution >= 4 is 49.0 Å². The van der Waals surface area contributed by atoms with Crippen LogP contribution in [0.3, 0.4) is 0 Å². The number of rotatable bonds is 4. The monoisotopic (exact) mass is 448 g/mol. The molecule has 1 amide bonds. The summed E-state index contributed by atoms with van der Waals surface area (Å²) < 4.78 is 27.8. The number of benzene rings is 3. The molecule has 0 saturated heterocycles. The first-order chi connectivity index (χ1) is 15.0. The van der Waals surface area contributed by atoms with E-state index in [9.17, 15) is 13.2 Å². The van der Waals surface area contributed by atoms with Gasteiger partial charge in [-0.2, -0.15) is 0 Å². The molecule has 1 aliphatic heterocycles. The summed E-state index contributed by atoms with van der Waals surface area (Å²) in [4.78, 5) is 21.4. The summed E-state index contributed by atoms with van der Waals surface area (Å²) >= 11 is 1.59. The van der Waals surface area contributed by atoms with Crippen LogP contribution in [0.2, 0.25) is 0 Å². The van der Waals surface area contributed by atoms with Crippen LogP contribution in [-0.4, -0.2) is 31.7 Å². The molecule has 0 fully saturated rings. The Labute approximate surface area is 182 Å². The summed E-state index contributed by atoms with van der Waals surface area (Å²) in [6.07, 6.45) is 0. The summed E-state index contributed by atoms with van der Waals surface area (Å²) in [7, 11) is -3.63. The fraction of sp³-hybridized carbons (Fsp3) is 0.0455. The second-order valence-electron chi connectivity index (χ2n) is 6.88. The molecule has 0 spiro atoms. The van der Waals surface area contributed by atoms with E-state index in [-0.39, 0.29) is 23.2 Å². The number of nitrogens with one attached hydrogen (secondary N) is 2. The normalized spacial score (nSPS) is 15.5. The number of hydrogen-bond donors (Lipinski definition) is 2. The topological polar surface area (TPSA) is 101 Å². The van der Waals surface area contributed by atoms with Crippen molar-refractivity contribution in [2.24, 2.45) is 4.99 Å². The number of amides is 1. The maximum atomic E-state index is 12.4. The molecule has 4 aromatic rings. The van der Waals surface area contributed by atoms with Gasteiger partial charge < -0.3 is 5.32 Å². The van der Waals surface area contributed by atoms with Gasteiger partial charge in [0.05, 0.1) is 15.1 Å². The van der Waals surface area contributed by atoms with E-state index >= 15 is 0 Å². The molecule has 7 nitrogen and oxygen atoms in total. The van der Waals surface area contributed by atoms with E-state index < -0.39 is 10.0 Å². The van der Waals surface area contributed by atoms with Crippen LogP contribution in [0.5, 0.6) is 0 Å². The Bertz CT molecular complexity index is 1430. The van der Waals surface area contributed by atoms with Gasteiger partial charge in [-0.25, -0.2) is 13.4 Å². The van der Waals surface area contributed by atoms with Crippen LogP contribution in [0.1, 0.15) is 5.56 Å².